The van der Waals surface area contributed by atoms with Crippen molar-refractivity contribution in [3.8, 4) is 0 Å². The Morgan fingerprint density at radius 2 is 1.84 bits per heavy atom. The molecule has 0 unspecified atom stereocenters. The second kappa shape index (κ2) is 10.9. The average molecular weight is 558 g/mol. The van der Waals surface area contributed by atoms with E-state index >= 15 is 0 Å². The summed E-state index contributed by atoms with van der Waals surface area (Å²) in [7, 11) is -3.66. The predicted octanol–water partition coefficient (Wildman–Crippen LogP) is 6.73. The molecule has 1 aliphatic carbocycles. The molecule has 194 valence electrons. The third-order valence-corrected chi connectivity index (χ3v) is 10.1. The van der Waals surface area contributed by atoms with Gasteiger partial charge in [0.05, 0.1) is 27.4 Å². The fourth-order valence-electron chi connectivity index (χ4n) is 4.86. The number of rotatable bonds is 8. The first kappa shape index (κ1) is 25.9. The third kappa shape index (κ3) is 5.31. The summed E-state index contributed by atoms with van der Waals surface area (Å²) in [6, 6.07) is 15.3. The van der Waals surface area contributed by atoms with E-state index in [1.54, 1.807) is 40.9 Å². The standard InChI is InChI=1S/C27H28ClN3O4S2/c1-2-31(20-8-4-3-5-9-20)37(33,34)22-15-13-19(14-16-22)26(32)30(18-21-10-7-17-35-21)27-29-25-23(28)11-6-12-24(25)36-27/h6-7,10-17,20H,2-5,8-9,18H2,1H3. The summed E-state index contributed by atoms with van der Waals surface area (Å²) in [5.74, 6) is 0.291. The quantitative estimate of drug-likeness (QED) is 0.240. The van der Waals surface area contributed by atoms with E-state index in [4.69, 9.17) is 16.0 Å². The number of carbonyl (C=O) groups excluding carboxylic acids is 1. The molecule has 0 N–H and O–H groups in total. The molecule has 0 saturated heterocycles. The van der Waals surface area contributed by atoms with E-state index in [-0.39, 0.29) is 23.4 Å². The highest BCUT2D eigenvalue weighted by Crippen LogP contribution is 2.34. The van der Waals surface area contributed by atoms with Gasteiger partial charge in [-0.1, -0.05) is 55.2 Å². The first-order valence-electron chi connectivity index (χ1n) is 12.4. The molecule has 10 heteroatoms. The normalized spacial score (nSPS) is 14.9. The van der Waals surface area contributed by atoms with Crippen LogP contribution in [0.2, 0.25) is 5.02 Å². The number of furan rings is 1. The molecule has 2 heterocycles. The Morgan fingerprint density at radius 3 is 2.49 bits per heavy atom. The number of benzene rings is 2. The number of sulfonamides is 1. The van der Waals surface area contributed by atoms with Gasteiger partial charge in [-0.2, -0.15) is 4.31 Å². The van der Waals surface area contributed by atoms with Gasteiger partial charge in [-0.15, -0.1) is 0 Å². The Balaban J connectivity index is 1.44. The molecule has 0 atom stereocenters. The van der Waals surface area contributed by atoms with E-state index in [2.05, 4.69) is 4.98 Å². The first-order valence-corrected chi connectivity index (χ1v) is 15.0. The largest absolute Gasteiger partial charge is 0.467 e. The van der Waals surface area contributed by atoms with Crippen LogP contribution in [0.5, 0.6) is 0 Å². The van der Waals surface area contributed by atoms with Gasteiger partial charge in [-0.25, -0.2) is 13.4 Å². The number of anilines is 1. The number of aromatic nitrogens is 1. The molecule has 4 aromatic rings. The molecule has 1 saturated carbocycles. The van der Waals surface area contributed by atoms with E-state index < -0.39 is 10.0 Å². The minimum atomic E-state index is -3.66. The molecule has 5 rings (SSSR count). The lowest BCUT2D eigenvalue weighted by atomic mass is 9.95. The van der Waals surface area contributed by atoms with Crippen molar-refractivity contribution >= 4 is 54.2 Å². The van der Waals surface area contributed by atoms with Crippen LogP contribution in [0, 0.1) is 0 Å². The highest BCUT2D eigenvalue weighted by molar-refractivity contribution is 7.89. The maximum absolute atomic E-state index is 13.7. The number of hydrogen-bond acceptors (Lipinski definition) is 6. The molecule has 0 radical (unpaired) electrons. The number of para-hydroxylation sites is 1. The molecule has 1 amide bonds. The predicted molar refractivity (Wildman–Crippen MR) is 147 cm³/mol. The fraction of sp³-hybridized carbons (Fsp3) is 0.333. The van der Waals surface area contributed by atoms with Gasteiger partial charge in [0.25, 0.3) is 5.91 Å². The number of amides is 1. The summed E-state index contributed by atoms with van der Waals surface area (Å²) in [6.07, 6.45) is 6.58. The molecule has 37 heavy (non-hydrogen) atoms. The molecule has 0 bridgehead atoms. The van der Waals surface area contributed by atoms with Gasteiger partial charge in [0.2, 0.25) is 10.0 Å². The number of fused-ring (bicyclic) bond motifs is 1. The third-order valence-electron chi connectivity index (χ3n) is 6.73. The summed E-state index contributed by atoms with van der Waals surface area (Å²) in [4.78, 5) is 20.0. The second-order valence-corrected chi connectivity index (χ2v) is 12.4. The fourth-order valence-corrected chi connectivity index (χ4v) is 7.81. The van der Waals surface area contributed by atoms with Crippen molar-refractivity contribution in [1.29, 1.82) is 0 Å². The zero-order valence-corrected chi connectivity index (χ0v) is 22.9. The minimum absolute atomic E-state index is 0.0275. The van der Waals surface area contributed by atoms with Crippen molar-refractivity contribution in [2.45, 2.75) is 56.5 Å². The summed E-state index contributed by atoms with van der Waals surface area (Å²) in [5.41, 5.74) is 0.988. The van der Waals surface area contributed by atoms with Gasteiger partial charge in [0, 0.05) is 18.2 Å². The number of carbonyl (C=O) groups is 1. The van der Waals surface area contributed by atoms with Crippen LogP contribution >= 0.6 is 22.9 Å². The summed E-state index contributed by atoms with van der Waals surface area (Å²) in [6.45, 7) is 2.47. The van der Waals surface area contributed by atoms with E-state index in [1.165, 1.54) is 28.4 Å². The van der Waals surface area contributed by atoms with E-state index in [0.717, 1.165) is 36.8 Å². The number of halogens is 1. The maximum Gasteiger partial charge on any atom is 0.260 e. The summed E-state index contributed by atoms with van der Waals surface area (Å²) >= 11 is 7.69. The first-order chi connectivity index (χ1) is 17.9. The summed E-state index contributed by atoms with van der Waals surface area (Å²) in [5, 5.41) is 0.994. The Bertz CT molecular complexity index is 1480. The Morgan fingerprint density at radius 1 is 1.08 bits per heavy atom. The molecule has 2 aromatic heterocycles. The van der Waals surface area contributed by atoms with Gasteiger partial charge >= 0.3 is 0 Å². The van der Waals surface area contributed by atoms with Crippen LogP contribution in [0.3, 0.4) is 0 Å². The van der Waals surface area contributed by atoms with Gasteiger partial charge in [0.1, 0.15) is 11.3 Å². The molecule has 2 aromatic carbocycles. The Hall–Kier alpha value is -2.72. The van der Waals surface area contributed by atoms with Gasteiger partial charge in [-0.3, -0.25) is 9.69 Å². The molecular weight excluding hydrogens is 530 g/mol. The number of nitrogens with zero attached hydrogens (tertiary/aromatic N) is 3. The van der Waals surface area contributed by atoms with Crippen molar-refractivity contribution in [2.24, 2.45) is 0 Å². The van der Waals surface area contributed by atoms with E-state index in [9.17, 15) is 13.2 Å². The van der Waals surface area contributed by atoms with Crippen molar-refractivity contribution in [2.75, 3.05) is 11.4 Å². The van der Waals surface area contributed by atoms with Crippen LogP contribution in [-0.2, 0) is 16.6 Å². The Labute approximate surface area is 225 Å². The smallest absolute Gasteiger partial charge is 0.260 e. The van der Waals surface area contributed by atoms with Crippen molar-refractivity contribution < 1.29 is 17.6 Å². The number of thiazole rings is 1. The zero-order valence-electron chi connectivity index (χ0n) is 20.5. The van der Waals surface area contributed by atoms with E-state index in [0.29, 0.717) is 33.5 Å². The molecule has 0 aliphatic heterocycles. The van der Waals surface area contributed by atoms with Crippen molar-refractivity contribution in [3.05, 3.63) is 77.2 Å². The van der Waals surface area contributed by atoms with Crippen LogP contribution in [0.4, 0.5) is 5.13 Å². The monoisotopic (exact) mass is 557 g/mol. The minimum Gasteiger partial charge on any atom is -0.467 e. The molecule has 7 nitrogen and oxygen atoms in total. The molecule has 0 spiro atoms. The summed E-state index contributed by atoms with van der Waals surface area (Å²) < 4.78 is 34.9. The van der Waals surface area contributed by atoms with E-state index in [1.807, 2.05) is 19.1 Å². The molecule has 1 fully saturated rings. The van der Waals surface area contributed by atoms with Crippen LogP contribution in [0.25, 0.3) is 10.2 Å². The van der Waals surface area contributed by atoms with Gasteiger partial charge in [-0.05, 0) is 61.4 Å². The van der Waals surface area contributed by atoms with Crippen LogP contribution in [0.1, 0.15) is 55.1 Å². The maximum atomic E-state index is 13.7. The van der Waals surface area contributed by atoms with Gasteiger partial charge in [0.15, 0.2) is 5.13 Å². The highest BCUT2D eigenvalue weighted by atomic mass is 35.5. The van der Waals surface area contributed by atoms with Crippen LogP contribution < -0.4 is 4.90 Å². The van der Waals surface area contributed by atoms with Crippen LogP contribution in [-0.4, -0.2) is 36.2 Å². The lowest BCUT2D eigenvalue weighted by Gasteiger charge is -2.32. The van der Waals surface area contributed by atoms with Crippen molar-refractivity contribution in [1.82, 2.24) is 9.29 Å². The zero-order chi connectivity index (χ0) is 26.0. The average Bonchev–Trinajstić information content (AvgIpc) is 3.58. The SMILES string of the molecule is CCN(C1CCCCC1)S(=O)(=O)c1ccc(C(=O)N(Cc2ccco2)c2nc3c(Cl)cccc3s2)cc1. The second-order valence-electron chi connectivity index (χ2n) is 9.08. The molecular formula is C27H28ClN3O4S2. The van der Waals surface area contributed by atoms with Crippen LogP contribution in [0.15, 0.2) is 70.2 Å². The van der Waals surface area contributed by atoms with Crippen molar-refractivity contribution in [3.63, 3.8) is 0 Å². The lowest BCUT2D eigenvalue weighted by Crippen LogP contribution is -2.41. The molecule has 1 aliphatic rings. The van der Waals surface area contributed by atoms with Gasteiger partial charge < -0.3 is 4.42 Å². The topological polar surface area (TPSA) is 83.7 Å². The lowest BCUT2D eigenvalue weighted by molar-refractivity contribution is 0.0983. The highest BCUT2D eigenvalue weighted by Gasteiger charge is 2.31. The Kier molecular flexibility index (Phi) is 7.67. The number of hydrogen-bond donors (Lipinski definition) is 0.